The number of phenols is 1. The van der Waals surface area contributed by atoms with Gasteiger partial charge in [-0.2, -0.15) is 5.10 Å². The minimum atomic E-state index is -0.746. The summed E-state index contributed by atoms with van der Waals surface area (Å²) in [6.45, 7) is -0.279. The summed E-state index contributed by atoms with van der Waals surface area (Å²) in [7, 11) is 1.41. The van der Waals surface area contributed by atoms with E-state index in [2.05, 4.69) is 20.9 Å². The lowest BCUT2D eigenvalue weighted by Gasteiger charge is -2.04. The van der Waals surface area contributed by atoms with Crippen LogP contribution in [0.1, 0.15) is 5.56 Å². The number of ether oxygens (including phenoxy) is 1. The van der Waals surface area contributed by atoms with E-state index in [4.69, 9.17) is 4.74 Å². The first-order valence-corrected chi connectivity index (χ1v) is 6.61. The number of nitrogens with zero attached hydrogens (tertiary/aromatic N) is 2. The van der Waals surface area contributed by atoms with Crippen LogP contribution in [0.5, 0.6) is 11.5 Å². The molecule has 0 saturated heterocycles. The molecule has 0 unspecified atom stereocenters. The van der Waals surface area contributed by atoms with Gasteiger partial charge in [-0.1, -0.05) is 0 Å². The number of aromatic amines is 2. The molecule has 1 heterocycles. The zero-order valence-corrected chi connectivity index (χ0v) is 12.5. The predicted molar refractivity (Wildman–Crippen MR) is 84.4 cm³/mol. The molecule has 1 amide bonds. The van der Waals surface area contributed by atoms with Crippen LogP contribution in [0.3, 0.4) is 0 Å². The van der Waals surface area contributed by atoms with E-state index in [9.17, 15) is 19.5 Å². The molecule has 126 valence electrons. The van der Waals surface area contributed by atoms with Gasteiger partial charge < -0.3 is 15.2 Å². The second kappa shape index (κ2) is 7.58. The van der Waals surface area contributed by atoms with E-state index in [0.29, 0.717) is 5.56 Å². The fourth-order valence-electron chi connectivity index (χ4n) is 1.62. The largest absolute Gasteiger partial charge is 0.504 e. The van der Waals surface area contributed by atoms with Crippen molar-refractivity contribution in [1.29, 1.82) is 0 Å². The van der Waals surface area contributed by atoms with Crippen LogP contribution in [0.15, 0.2) is 32.9 Å². The zero-order chi connectivity index (χ0) is 17.5. The Bertz CT molecular complexity index is 872. The van der Waals surface area contributed by atoms with E-state index >= 15 is 0 Å². The van der Waals surface area contributed by atoms with Gasteiger partial charge >= 0.3 is 5.69 Å². The van der Waals surface area contributed by atoms with Crippen molar-refractivity contribution in [1.82, 2.24) is 20.6 Å². The summed E-state index contributed by atoms with van der Waals surface area (Å²) in [5.41, 5.74) is 1.34. The van der Waals surface area contributed by atoms with Gasteiger partial charge in [0.25, 0.3) is 11.5 Å². The smallest absolute Gasteiger partial charge is 0.342 e. The number of aromatic nitrogens is 3. The van der Waals surface area contributed by atoms with E-state index in [1.807, 2.05) is 10.1 Å². The lowest BCUT2D eigenvalue weighted by Crippen LogP contribution is -2.31. The molecule has 0 radical (unpaired) electrons. The SMILES string of the molecule is COc1cc(/C=N\NC(=O)CNc2n[nH]c(=O)[nH]c2=O)ccc1O. The standard InChI is InChI=1S/C13H14N6O5/c1-24-9-4-7(2-3-8(9)20)5-15-17-10(21)6-14-11-12(22)16-13(23)19-18-11/h2-5,20H,6H2,1H3,(H,14,18)(H,17,21)(H2,16,19,22,23)/b15-5-. The molecule has 0 bridgehead atoms. The molecule has 2 aromatic rings. The van der Waals surface area contributed by atoms with Gasteiger partial charge in [0, 0.05) is 0 Å². The van der Waals surface area contributed by atoms with Gasteiger partial charge in [0.15, 0.2) is 11.5 Å². The summed E-state index contributed by atoms with van der Waals surface area (Å²) in [6.07, 6.45) is 1.35. The van der Waals surface area contributed by atoms with Gasteiger partial charge in [-0.05, 0) is 23.8 Å². The Morgan fingerprint density at radius 1 is 1.46 bits per heavy atom. The molecule has 0 aliphatic rings. The number of hydrogen-bond acceptors (Lipinski definition) is 8. The molecule has 0 spiro atoms. The Balaban J connectivity index is 1.88. The number of rotatable bonds is 6. The van der Waals surface area contributed by atoms with Crippen molar-refractivity contribution in [2.24, 2.45) is 5.10 Å². The maximum atomic E-state index is 11.6. The Morgan fingerprint density at radius 2 is 2.25 bits per heavy atom. The summed E-state index contributed by atoms with van der Waals surface area (Å²) in [6, 6.07) is 4.54. The molecule has 0 fully saturated rings. The second-order valence-corrected chi connectivity index (χ2v) is 4.43. The Hall–Kier alpha value is -3.63. The molecule has 1 aromatic carbocycles. The normalized spacial score (nSPS) is 10.5. The zero-order valence-electron chi connectivity index (χ0n) is 12.5. The number of hydrogen-bond donors (Lipinski definition) is 5. The highest BCUT2D eigenvalue weighted by molar-refractivity contribution is 5.84. The number of methoxy groups -OCH3 is 1. The van der Waals surface area contributed by atoms with E-state index in [1.165, 1.54) is 25.5 Å². The van der Waals surface area contributed by atoms with Gasteiger partial charge in [-0.25, -0.2) is 15.3 Å². The molecule has 0 aliphatic heterocycles. The number of phenolic OH excluding ortho intramolecular Hbond substituents is 1. The molecule has 0 saturated carbocycles. The highest BCUT2D eigenvalue weighted by Crippen LogP contribution is 2.25. The quantitative estimate of drug-likeness (QED) is 0.325. The Labute approximate surface area is 134 Å². The lowest BCUT2D eigenvalue weighted by molar-refractivity contribution is -0.119. The van der Waals surface area contributed by atoms with E-state index in [0.717, 1.165) is 0 Å². The maximum absolute atomic E-state index is 11.6. The van der Waals surface area contributed by atoms with Gasteiger partial charge in [0.2, 0.25) is 5.82 Å². The van der Waals surface area contributed by atoms with Gasteiger partial charge in [-0.15, -0.1) is 5.10 Å². The maximum Gasteiger partial charge on any atom is 0.342 e. The molecule has 0 aliphatic carbocycles. The molecule has 2 rings (SSSR count). The highest BCUT2D eigenvalue weighted by Gasteiger charge is 2.05. The topological polar surface area (TPSA) is 162 Å². The number of amides is 1. The van der Waals surface area contributed by atoms with Crippen molar-refractivity contribution in [2.75, 3.05) is 19.0 Å². The summed E-state index contributed by atoms with van der Waals surface area (Å²) in [5.74, 6) is -0.474. The average molecular weight is 334 g/mol. The summed E-state index contributed by atoms with van der Waals surface area (Å²) < 4.78 is 4.95. The average Bonchev–Trinajstić information content (AvgIpc) is 2.55. The summed E-state index contributed by atoms with van der Waals surface area (Å²) in [5, 5.41) is 21.1. The number of hydrazone groups is 1. The molecular formula is C13H14N6O5. The third-order valence-corrected chi connectivity index (χ3v) is 2.73. The van der Waals surface area contributed by atoms with Crippen molar-refractivity contribution in [2.45, 2.75) is 0 Å². The van der Waals surface area contributed by atoms with Crippen LogP contribution in [0.4, 0.5) is 5.82 Å². The van der Waals surface area contributed by atoms with Crippen molar-refractivity contribution < 1.29 is 14.6 Å². The number of benzene rings is 1. The minimum absolute atomic E-state index is 0.0125. The van der Waals surface area contributed by atoms with Gasteiger partial charge in [0.05, 0.1) is 19.9 Å². The summed E-state index contributed by atoms with van der Waals surface area (Å²) >= 11 is 0. The van der Waals surface area contributed by atoms with E-state index in [-0.39, 0.29) is 23.9 Å². The number of H-pyrrole nitrogens is 2. The molecule has 11 nitrogen and oxygen atoms in total. The first-order chi connectivity index (χ1) is 11.5. The van der Waals surface area contributed by atoms with Crippen LogP contribution in [0, 0.1) is 0 Å². The van der Waals surface area contributed by atoms with Crippen LogP contribution in [-0.4, -0.2) is 46.1 Å². The van der Waals surface area contributed by atoms with Crippen LogP contribution in [-0.2, 0) is 4.79 Å². The van der Waals surface area contributed by atoms with Crippen molar-refractivity contribution in [3.8, 4) is 11.5 Å². The van der Waals surface area contributed by atoms with E-state index in [1.54, 1.807) is 6.07 Å². The number of carbonyl (C=O) groups excluding carboxylic acids is 1. The summed E-state index contributed by atoms with van der Waals surface area (Å²) in [4.78, 5) is 35.7. The van der Waals surface area contributed by atoms with Crippen LogP contribution >= 0.6 is 0 Å². The molecular weight excluding hydrogens is 320 g/mol. The monoisotopic (exact) mass is 334 g/mol. The highest BCUT2D eigenvalue weighted by atomic mass is 16.5. The van der Waals surface area contributed by atoms with Crippen LogP contribution in [0.25, 0.3) is 0 Å². The van der Waals surface area contributed by atoms with Crippen LogP contribution in [0.2, 0.25) is 0 Å². The van der Waals surface area contributed by atoms with Gasteiger partial charge in [-0.3, -0.25) is 14.6 Å². The number of aromatic hydroxyl groups is 1. The number of anilines is 1. The van der Waals surface area contributed by atoms with Crippen molar-refractivity contribution in [3.63, 3.8) is 0 Å². The first kappa shape index (κ1) is 16.7. The molecule has 0 atom stereocenters. The fraction of sp³-hybridized carbons (Fsp3) is 0.154. The first-order valence-electron chi connectivity index (χ1n) is 6.61. The third-order valence-electron chi connectivity index (χ3n) is 2.73. The Kier molecular flexibility index (Phi) is 5.28. The number of nitrogens with one attached hydrogen (secondary N) is 4. The third kappa shape index (κ3) is 4.43. The molecule has 5 N–H and O–H groups in total. The van der Waals surface area contributed by atoms with Crippen molar-refractivity contribution in [3.05, 3.63) is 44.6 Å². The van der Waals surface area contributed by atoms with Crippen molar-refractivity contribution >= 4 is 17.9 Å². The number of carbonyl (C=O) groups is 1. The fourth-order valence-corrected chi connectivity index (χ4v) is 1.62. The molecule has 1 aromatic heterocycles. The molecule has 24 heavy (non-hydrogen) atoms. The van der Waals surface area contributed by atoms with Crippen LogP contribution < -0.4 is 26.7 Å². The predicted octanol–water partition coefficient (Wildman–Crippen LogP) is -1.27. The Morgan fingerprint density at radius 3 is 2.96 bits per heavy atom. The second-order valence-electron chi connectivity index (χ2n) is 4.43. The molecule has 11 heteroatoms. The minimum Gasteiger partial charge on any atom is -0.504 e. The van der Waals surface area contributed by atoms with E-state index < -0.39 is 17.2 Å². The van der Waals surface area contributed by atoms with Gasteiger partial charge in [0.1, 0.15) is 0 Å². The lowest BCUT2D eigenvalue weighted by atomic mass is 10.2.